The number of pyridine rings is 1. The van der Waals surface area contributed by atoms with Gasteiger partial charge in [0.05, 0.1) is 5.69 Å². The van der Waals surface area contributed by atoms with Crippen LogP contribution in [0.2, 0.25) is 0 Å². The highest BCUT2D eigenvalue weighted by atomic mass is 15.3. The first-order valence-electron chi connectivity index (χ1n) is 5.14. The van der Waals surface area contributed by atoms with Crippen molar-refractivity contribution in [1.82, 2.24) is 14.8 Å². The maximum atomic E-state index is 8.76. The molecule has 0 saturated carbocycles. The van der Waals surface area contributed by atoms with Gasteiger partial charge < -0.3 is 0 Å². The fourth-order valence-corrected chi connectivity index (χ4v) is 1.39. The number of nitrogens with zero attached hydrogens (tertiary/aromatic N) is 4. The lowest BCUT2D eigenvalue weighted by Gasteiger charge is -2.01. The standard InChI is InChI=1S/C12H12N4/c1-9(2)11-6-7-16(15-11)12-5-3-4-10(8-13)14-12/h3-7,9H,1-2H3. The van der Waals surface area contributed by atoms with E-state index in [0.29, 0.717) is 17.4 Å². The average Bonchev–Trinajstić information content (AvgIpc) is 2.78. The Morgan fingerprint density at radius 2 is 2.12 bits per heavy atom. The quantitative estimate of drug-likeness (QED) is 0.767. The molecule has 4 nitrogen and oxygen atoms in total. The van der Waals surface area contributed by atoms with E-state index in [0.717, 1.165) is 5.69 Å². The molecular formula is C12H12N4. The van der Waals surface area contributed by atoms with Gasteiger partial charge in [0.15, 0.2) is 5.82 Å². The molecule has 0 radical (unpaired) electrons. The van der Waals surface area contributed by atoms with Crippen molar-refractivity contribution < 1.29 is 0 Å². The highest BCUT2D eigenvalue weighted by molar-refractivity contribution is 5.29. The molecule has 0 amide bonds. The fraction of sp³-hybridized carbons (Fsp3) is 0.250. The summed E-state index contributed by atoms with van der Waals surface area (Å²) in [6, 6.07) is 9.29. The zero-order valence-electron chi connectivity index (χ0n) is 9.25. The highest BCUT2D eigenvalue weighted by Gasteiger charge is 2.05. The van der Waals surface area contributed by atoms with Crippen molar-refractivity contribution in [3.63, 3.8) is 0 Å². The summed E-state index contributed by atoms with van der Waals surface area (Å²) in [5, 5.41) is 13.2. The summed E-state index contributed by atoms with van der Waals surface area (Å²) in [6.07, 6.45) is 1.86. The normalized spacial score (nSPS) is 10.4. The zero-order valence-corrected chi connectivity index (χ0v) is 9.25. The van der Waals surface area contributed by atoms with Crippen LogP contribution in [0.4, 0.5) is 0 Å². The van der Waals surface area contributed by atoms with Gasteiger partial charge in [-0.15, -0.1) is 0 Å². The van der Waals surface area contributed by atoms with Gasteiger partial charge in [-0.25, -0.2) is 9.67 Å². The molecule has 2 heterocycles. The molecule has 80 valence electrons. The summed E-state index contributed by atoms with van der Waals surface area (Å²) in [5.41, 5.74) is 1.42. The van der Waals surface area contributed by atoms with Gasteiger partial charge in [-0.2, -0.15) is 10.4 Å². The second-order valence-electron chi connectivity index (χ2n) is 3.83. The van der Waals surface area contributed by atoms with Gasteiger partial charge in [-0.1, -0.05) is 19.9 Å². The summed E-state index contributed by atoms with van der Waals surface area (Å²) < 4.78 is 1.69. The fourth-order valence-electron chi connectivity index (χ4n) is 1.39. The molecule has 2 rings (SSSR count). The van der Waals surface area contributed by atoms with E-state index in [2.05, 4.69) is 23.9 Å². The second kappa shape index (κ2) is 4.15. The Morgan fingerprint density at radius 1 is 1.31 bits per heavy atom. The van der Waals surface area contributed by atoms with Gasteiger partial charge in [0.1, 0.15) is 11.8 Å². The summed E-state index contributed by atoms with van der Waals surface area (Å²) in [4.78, 5) is 4.17. The number of hydrogen-bond donors (Lipinski definition) is 0. The molecule has 2 aromatic rings. The van der Waals surface area contributed by atoms with Gasteiger partial charge in [-0.05, 0) is 24.1 Å². The summed E-state index contributed by atoms with van der Waals surface area (Å²) in [6.45, 7) is 4.18. The van der Waals surface area contributed by atoms with Crippen molar-refractivity contribution >= 4 is 0 Å². The van der Waals surface area contributed by atoms with Crippen molar-refractivity contribution in [2.45, 2.75) is 19.8 Å². The summed E-state index contributed by atoms with van der Waals surface area (Å²) >= 11 is 0. The molecule has 0 N–H and O–H groups in total. The Bertz CT molecular complexity index is 534. The average molecular weight is 212 g/mol. The number of aromatic nitrogens is 3. The monoisotopic (exact) mass is 212 g/mol. The molecule has 0 spiro atoms. The second-order valence-corrected chi connectivity index (χ2v) is 3.83. The van der Waals surface area contributed by atoms with E-state index in [9.17, 15) is 0 Å². The molecule has 0 bridgehead atoms. The maximum absolute atomic E-state index is 8.76. The molecule has 16 heavy (non-hydrogen) atoms. The number of hydrogen-bond acceptors (Lipinski definition) is 3. The van der Waals surface area contributed by atoms with E-state index < -0.39 is 0 Å². The van der Waals surface area contributed by atoms with E-state index in [1.54, 1.807) is 16.8 Å². The van der Waals surface area contributed by atoms with Crippen LogP contribution in [0, 0.1) is 11.3 Å². The predicted molar refractivity (Wildman–Crippen MR) is 60.2 cm³/mol. The smallest absolute Gasteiger partial charge is 0.154 e. The van der Waals surface area contributed by atoms with Gasteiger partial charge in [-0.3, -0.25) is 0 Å². The van der Waals surface area contributed by atoms with Crippen LogP contribution in [0.3, 0.4) is 0 Å². The molecule has 0 unspecified atom stereocenters. The first-order valence-corrected chi connectivity index (χ1v) is 5.14. The predicted octanol–water partition coefficient (Wildman–Crippen LogP) is 2.26. The van der Waals surface area contributed by atoms with Crippen LogP contribution < -0.4 is 0 Å². The minimum Gasteiger partial charge on any atom is -0.222 e. The van der Waals surface area contributed by atoms with Crippen molar-refractivity contribution in [2.75, 3.05) is 0 Å². The molecule has 0 aromatic carbocycles. The Morgan fingerprint density at radius 3 is 2.75 bits per heavy atom. The Balaban J connectivity index is 2.39. The van der Waals surface area contributed by atoms with E-state index in [4.69, 9.17) is 5.26 Å². The van der Waals surface area contributed by atoms with Crippen LogP contribution in [0.1, 0.15) is 31.2 Å². The highest BCUT2D eigenvalue weighted by Crippen LogP contribution is 2.12. The summed E-state index contributed by atoms with van der Waals surface area (Å²) in [7, 11) is 0. The van der Waals surface area contributed by atoms with Crippen LogP contribution in [0.5, 0.6) is 0 Å². The third-order valence-corrected chi connectivity index (χ3v) is 2.28. The van der Waals surface area contributed by atoms with Gasteiger partial charge in [0.25, 0.3) is 0 Å². The molecule has 0 aliphatic heterocycles. The van der Waals surface area contributed by atoms with E-state index >= 15 is 0 Å². The summed E-state index contributed by atoms with van der Waals surface area (Å²) in [5.74, 6) is 1.06. The van der Waals surface area contributed by atoms with E-state index in [1.165, 1.54) is 0 Å². The first-order chi connectivity index (χ1) is 7.70. The van der Waals surface area contributed by atoms with E-state index in [1.807, 2.05) is 24.4 Å². The van der Waals surface area contributed by atoms with Crippen molar-refractivity contribution in [3.8, 4) is 11.9 Å². The van der Waals surface area contributed by atoms with Gasteiger partial charge >= 0.3 is 0 Å². The molecule has 0 atom stereocenters. The molecule has 0 saturated heterocycles. The topological polar surface area (TPSA) is 54.5 Å². The molecular weight excluding hydrogens is 200 g/mol. The number of nitriles is 1. The first kappa shape index (κ1) is 10.4. The largest absolute Gasteiger partial charge is 0.222 e. The lowest BCUT2D eigenvalue weighted by molar-refractivity contribution is 0.757. The molecule has 2 aromatic heterocycles. The van der Waals surface area contributed by atoms with Crippen LogP contribution in [-0.2, 0) is 0 Å². The Kier molecular flexibility index (Phi) is 2.69. The zero-order chi connectivity index (χ0) is 11.5. The maximum Gasteiger partial charge on any atom is 0.154 e. The SMILES string of the molecule is CC(C)c1ccn(-c2cccc(C#N)n2)n1. The number of rotatable bonds is 2. The minimum absolute atomic E-state index is 0.389. The molecule has 0 aliphatic carbocycles. The van der Waals surface area contributed by atoms with Crippen molar-refractivity contribution in [1.29, 1.82) is 5.26 Å². The van der Waals surface area contributed by atoms with Crippen molar-refractivity contribution in [2.24, 2.45) is 0 Å². The van der Waals surface area contributed by atoms with E-state index in [-0.39, 0.29) is 0 Å². The lowest BCUT2D eigenvalue weighted by Crippen LogP contribution is -2.00. The minimum atomic E-state index is 0.389. The van der Waals surface area contributed by atoms with Crippen molar-refractivity contribution in [3.05, 3.63) is 41.9 Å². The Hall–Kier alpha value is -2.15. The molecule has 4 heteroatoms. The van der Waals surface area contributed by atoms with Gasteiger partial charge in [0, 0.05) is 6.20 Å². The third kappa shape index (κ3) is 1.94. The Labute approximate surface area is 94.2 Å². The molecule has 0 fully saturated rings. The van der Waals surface area contributed by atoms with Crippen LogP contribution >= 0.6 is 0 Å². The van der Waals surface area contributed by atoms with Crippen LogP contribution in [-0.4, -0.2) is 14.8 Å². The van der Waals surface area contributed by atoms with Crippen LogP contribution in [0.15, 0.2) is 30.5 Å². The molecule has 0 aliphatic rings. The lowest BCUT2D eigenvalue weighted by atomic mass is 10.1. The third-order valence-electron chi connectivity index (χ3n) is 2.28. The van der Waals surface area contributed by atoms with Gasteiger partial charge in [0.2, 0.25) is 0 Å². The van der Waals surface area contributed by atoms with Crippen LogP contribution in [0.25, 0.3) is 5.82 Å².